The highest BCUT2D eigenvalue weighted by molar-refractivity contribution is 14.0. The monoisotopic (exact) mass is 413 g/mol. The minimum Gasteiger partial charge on any atom is -0.370 e. The molecule has 0 saturated carbocycles. The van der Waals surface area contributed by atoms with E-state index in [-0.39, 0.29) is 36.5 Å². The second-order valence-electron chi connectivity index (χ2n) is 4.91. The van der Waals surface area contributed by atoms with Crippen LogP contribution in [0.15, 0.2) is 23.2 Å². The van der Waals surface area contributed by atoms with Crippen molar-refractivity contribution in [2.24, 2.45) is 10.7 Å². The second-order valence-corrected chi connectivity index (χ2v) is 4.91. The van der Waals surface area contributed by atoms with Gasteiger partial charge in [-0.15, -0.1) is 24.0 Å². The first-order chi connectivity index (χ1) is 9.46. The average Bonchev–Trinajstić information content (AvgIpc) is 2.37. The van der Waals surface area contributed by atoms with Crippen LogP contribution in [0.5, 0.6) is 0 Å². The fourth-order valence-electron chi connectivity index (χ4n) is 2.38. The van der Waals surface area contributed by atoms with Crippen LogP contribution < -0.4 is 11.1 Å². The molecular weight excluding hydrogens is 394 g/mol. The number of aliphatic imine (C=N–C) groups is 1. The highest BCUT2D eigenvalue weighted by Gasteiger charge is 2.26. The molecule has 0 spiro atoms. The van der Waals surface area contributed by atoms with E-state index < -0.39 is 12.6 Å². The molecule has 0 aromatic heterocycles. The predicted octanol–water partition coefficient (Wildman–Crippen LogP) is 3.86. The van der Waals surface area contributed by atoms with Crippen molar-refractivity contribution >= 4 is 35.6 Å². The number of halogens is 4. The number of rotatable bonds is 3. The third kappa shape index (κ3) is 5.72. The van der Waals surface area contributed by atoms with Gasteiger partial charge in [-0.2, -0.15) is 13.2 Å². The fraction of sp³-hybridized carbons (Fsp3) is 0.500. The number of fused-ring (bicyclic) bond motifs is 1. The van der Waals surface area contributed by atoms with Crippen LogP contribution in [0.25, 0.3) is 0 Å². The quantitative estimate of drug-likeness (QED) is 0.449. The van der Waals surface area contributed by atoms with E-state index in [0.29, 0.717) is 0 Å². The first kappa shape index (κ1) is 18.1. The zero-order valence-corrected chi connectivity index (χ0v) is 13.9. The molecule has 0 unspecified atom stereocenters. The predicted molar refractivity (Wildman–Crippen MR) is 89.3 cm³/mol. The van der Waals surface area contributed by atoms with Gasteiger partial charge in [-0.1, -0.05) is 12.1 Å². The Morgan fingerprint density at radius 1 is 1.24 bits per heavy atom. The number of benzene rings is 1. The van der Waals surface area contributed by atoms with E-state index in [1.165, 1.54) is 17.5 Å². The molecule has 21 heavy (non-hydrogen) atoms. The van der Waals surface area contributed by atoms with E-state index in [2.05, 4.69) is 16.4 Å². The van der Waals surface area contributed by atoms with E-state index >= 15 is 0 Å². The first-order valence-electron chi connectivity index (χ1n) is 6.70. The maximum Gasteiger partial charge on any atom is 0.390 e. The van der Waals surface area contributed by atoms with Gasteiger partial charge in [-0.05, 0) is 42.9 Å². The van der Waals surface area contributed by atoms with Gasteiger partial charge in [-0.25, -0.2) is 0 Å². The molecule has 3 nitrogen and oxygen atoms in total. The molecule has 0 heterocycles. The minimum atomic E-state index is -4.20. The number of nitrogens with zero attached hydrogens (tertiary/aromatic N) is 1. The Balaban J connectivity index is 0.00000220. The Kier molecular flexibility index (Phi) is 6.76. The van der Waals surface area contributed by atoms with Gasteiger partial charge in [0.15, 0.2) is 5.96 Å². The van der Waals surface area contributed by atoms with Gasteiger partial charge in [0, 0.05) is 5.69 Å². The topological polar surface area (TPSA) is 50.4 Å². The summed E-state index contributed by atoms with van der Waals surface area (Å²) in [5, 5.41) is 2.92. The Bertz CT molecular complexity index is 501. The van der Waals surface area contributed by atoms with Crippen LogP contribution in [0.1, 0.15) is 30.4 Å². The van der Waals surface area contributed by atoms with E-state index in [1.54, 1.807) is 0 Å². The van der Waals surface area contributed by atoms with E-state index in [9.17, 15) is 13.2 Å². The molecule has 7 heteroatoms. The first-order valence-corrected chi connectivity index (χ1v) is 6.70. The summed E-state index contributed by atoms with van der Waals surface area (Å²) < 4.78 is 36.1. The summed E-state index contributed by atoms with van der Waals surface area (Å²) in [6.07, 6.45) is -0.856. The number of anilines is 1. The average molecular weight is 413 g/mol. The number of hydrogen-bond donors (Lipinski definition) is 2. The zero-order valence-electron chi connectivity index (χ0n) is 11.5. The highest BCUT2D eigenvalue weighted by atomic mass is 127. The lowest BCUT2D eigenvalue weighted by molar-refractivity contribution is -0.132. The third-order valence-electron chi connectivity index (χ3n) is 3.34. The maximum absolute atomic E-state index is 12.0. The van der Waals surface area contributed by atoms with Crippen molar-refractivity contribution in [2.45, 2.75) is 38.3 Å². The van der Waals surface area contributed by atoms with Crippen LogP contribution in [0.2, 0.25) is 0 Å². The van der Waals surface area contributed by atoms with Gasteiger partial charge >= 0.3 is 6.18 Å². The van der Waals surface area contributed by atoms with Gasteiger partial charge in [0.25, 0.3) is 0 Å². The minimum absolute atomic E-state index is 0. The van der Waals surface area contributed by atoms with Crippen molar-refractivity contribution in [3.8, 4) is 0 Å². The van der Waals surface area contributed by atoms with Gasteiger partial charge in [0.2, 0.25) is 0 Å². The molecule has 3 N–H and O–H groups in total. The summed E-state index contributed by atoms with van der Waals surface area (Å²) in [4.78, 5) is 3.72. The molecule has 0 saturated heterocycles. The van der Waals surface area contributed by atoms with Crippen molar-refractivity contribution in [1.29, 1.82) is 0 Å². The molecule has 0 bridgehead atoms. The molecule has 2 rings (SSSR count). The van der Waals surface area contributed by atoms with Gasteiger partial charge in [-0.3, -0.25) is 4.99 Å². The molecule has 1 aromatic carbocycles. The van der Waals surface area contributed by atoms with Crippen molar-refractivity contribution in [3.05, 3.63) is 29.3 Å². The Labute approximate surface area is 139 Å². The van der Waals surface area contributed by atoms with Gasteiger partial charge in [0.05, 0.1) is 13.0 Å². The van der Waals surface area contributed by atoms with Crippen LogP contribution in [-0.4, -0.2) is 18.7 Å². The number of alkyl halides is 3. The summed E-state index contributed by atoms with van der Waals surface area (Å²) in [6.45, 7) is -0.350. The van der Waals surface area contributed by atoms with Crippen LogP contribution in [0.4, 0.5) is 18.9 Å². The number of nitrogens with one attached hydrogen (secondary N) is 1. The zero-order chi connectivity index (χ0) is 14.6. The van der Waals surface area contributed by atoms with E-state index in [0.717, 1.165) is 24.9 Å². The Morgan fingerprint density at radius 2 is 1.95 bits per heavy atom. The molecular formula is C14H19F3IN3. The lowest BCUT2D eigenvalue weighted by Gasteiger charge is -2.19. The van der Waals surface area contributed by atoms with Gasteiger partial charge in [0.1, 0.15) is 0 Å². The summed E-state index contributed by atoms with van der Waals surface area (Å²) in [5.74, 6) is 0.0354. The number of guanidine groups is 1. The third-order valence-corrected chi connectivity index (χ3v) is 3.34. The maximum atomic E-state index is 12.0. The summed E-state index contributed by atoms with van der Waals surface area (Å²) >= 11 is 0. The second kappa shape index (κ2) is 7.86. The molecule has 0 atom stereocenters. The summed E-state index contributed by atoms with van der Waals surface area (Å²) in [6, 6.07) is 5.89. The van der Waals surface area contributed by atoms with Crippen LogP contribution in [0, 0.1) is 0 Å². The number of hydrogen-bond acceptors (Lipinski definition) is 1. The molecule has 0 aliphatic heterocycles. The lowest BCUT2D eigenvalue weighted by Crippen LogP contribution is -2.25. The fourth-order valence-corrected chi connectivity index (χ4v) is 2.38. The Morgan fingerprint density at radius 3 is 2.67 bits per heavy atom. The molecule has 1 aliphatic rings. The molecule has 1 aliphatic carbocycles. The standard InChI is InChI=1S/C14H18F3N3.HI/c15-14(16,17)8-9-19-13(18)20-12-7-3-5-10-4-1-2-6-11(10)12;/h3,5,7H,1-2,4,6,8-9H2,(H3,18,19,20);1H. The lowest BCUT2D eigenvalue weighted by atomic mass is 9.90. The van der Waals surface area contributed by atoms with Crippen molar-refractivity contribution < 1.29 is 13.2 Å². The summed E-state index contributed by atoms with van der Waals surface area (Å²) in [5.41, 5.74) is 8.98. The molecule has 1 aromatic rings. The number of aryl methyl sites for hydroxylation is 1. The Hall–Kier alpha value is -0.990. The smallest absolute Gasteiger partial charge is 0.370 e. The highest BCUT2D eigenvalue weighted by Crippen LogP contribution is 2.27. The van der Waals surface area contributed by atoms with Gasteiger partial charge < -0.3 is 11.1 Å². The van der Waals surface area contributed by atoms with Crippen molar-refractivity contribution in [2.75, 3.05) is 11.9 Å². The van der Waals surface area contributed by atoms with Crippen LogP contribution >= 0.6 is 24.0 Å². The number of nitrogens with two attached hydrogens (primary N) is 1. The van der Waals surface area contributed by atoms with Crippen LogP contribution in [-0.2, 0) is 12.8 Å². The van der Waals surface area contributed by atoms with Crippen molar-refractivity contribution in [1.82, 2.24) is 0 Å². The normalized spacial score (nSPS) is 15.1. The molecule has 118 valence electrons. The largest absolute Gasteiger partial charge is 0.390 e. The van der Waals surface area contributed by atoms with E-state index in [1.807, 2.05) is 12.1 Å². The van der Waals surface area contributed by atoms with Crippen LogP contribution in [0.3, 0.4) is 0 Å². The van der Waals surface area contributed by atoms with Crippen molar-refractivity contribution in [3.63, 3.8) is 0 Å². The summed E-state index contributed by atoms with van der Waals surface area (Å²) in [7, 11) is 0. The van der Waals surface area contributed by atoms with E-state index in [4.69, 9.17) is 5.73 Å². The SMILES string of the molecule is I.NC(=NCCC(F)(F)F)Nc1cccc2c1CCCC2. The molecule has 0 radical (unpaired) electrons. The molecule has 0 fully saturated rings. The molecule has 0 amide bonds.